The van der Waals surface area contributed by atoms with Gasteiger partial charge in [0, 0.05) is 19.6 Å². The first-order chi connectivity index (χ1) is 7.31. The van der Waals surface area contributed by atoms with E-state index in [4.69, 9.17) is 5.73 Å². The summed E-state index contributed by atoms with van der Waals surface area (Å²) in [5, 5.41) is 0. The molecule has 2 N–H and O–H groups in total. The first-order valence-corrected chi connectivity index (χ1v) is 7.61. The Kier molecular flexibility index (Phi) is 4.76. The van der Waals surface area contributed by atoms with Crippen LogP contribution >= 0.6 is 0 Å². The van der Waals surface area contributed by atoms with Gasteiger partial charge in [0.25, 0.3) is 0 Å². The number of sulfonamides is 1. The molecule has 4 nitrogen and oxygen atoms in total. The average molecular weight is 248 g/mol. The number of rotatable bonds is 6. The molecular weight excluding hydrogens is 224 g/mol. The lowest BCUT2D eigenvalue weighted by atomic mass is 9.81. The summed E-state index contributed by atoms with van der Waals surface area (Å²) in [7, 11) is -1.37. The zero-order chi connectivity index (χ0) is 12.3. The van der Waals surface area contributed by atoms with Crippen molar-refractivity contribution in [2.24, 2.45) is 17.6 Å². The van der Waals surface area contributed by atoms with E-state index in [1.54, 1.807) is 7.05 Å². The fourth-order valence-electron chi connectivity index (χ4n) is 1.95. The Balaban J connectivity index is 2.36. The molecule has 0 bridgehead atoms. The van der Waals surface area contributed by atoms with Crippen molar-refractivity contribution in [1.82, 2.24) is 4.31 Å². The summed E-state index contributed by atoms with van der Waals surface area (Å²) >= 11 is 0. The molecule has 1 aliphatic rings. The summed E-state index contributed by atoms with van der Waals surface area (Å²) < 4.78 is 25.3. The highest BCUT2D eigenvalue weighted by molar-refractivity contribution is 7.89. The third-order valence-corrected chi connectivity index (χ3v) is 5.07. The van der Waals surface area contributed by atoms with Crippen molar-refractivity contribution < 1.29 is 8.42 Å². The maximum Gasteiger partial charge on any atom is 0.213 e. The van der Waals surface area contributed by atoms with Crippen molar-refractivity contribution in [1.29, 1.82) is 0 Å². The number of hydrogen-bond acceptors (Lipinski definition) is 3. The van der Waals surface area contributed by atoms with Gasteiger partial charge in [-0.15, -0.1) is 0 Å². The van der Waals surface area contributed by atoms with Crippen molar-refractivity contribution in [3.05, 3.63) is 0 Å². The normalized spacial score (nSPS) is 26.1. The van der Waals surface area contributed by atoms with E-state index in [0.29, 0.717) is 18.4 Å². The van der Waals surface area contributed by atoms with E-state index in [2.05, 4.69) is 0 Å². The van der Waals surface area contributed by atoms with Crippen LogP contribution in [-0.4, -0.2) is 38.1 Å². The molecule has 1 saturated carbocycles. The average Bonchev–Trinajstić information content (AvgIpc) is 2.12. The second kappa shape index (κ2) is 5.47. The van der Waals surface area contributed by atoms with Gasteiger partial charge in [-0.1, -0.05) is 13.8 Å². The molecule has 0 unspecified atom stereocenters. The van der Waals surface area contributed by atoms with Crippen LogP contribution in [0.3, 0.4) is 0 Å². The second-order valence-corrected chi connectivity index (χ2v) is 7.57. The summed E-state index contributed by atoms with van der Waals surface area (Å²) in [6, 6.07) is 0.289. The summed E-state index contributed by atoms with van der Waals surface area (Å²) in [5.41, 5.74) is 5.68. The fraction of sp³-hybridized carbons (Fsp3) is 1.00. The third-order valence-electron chi connectivity index (χ3n) is 3.22. The molecule has 0 aromatic rings. The first kappa shape index (κ1) is 13.9. The molecule has 1 rings (SSSR count). The van der Waals surface area contributed by atoms with Gasteiger partial charge < -0.3 is 5.73 Å². The molecule has 1 aliphatic carbocycles. The standard InChI is InChI=1S/C11H24N2O2S/c1-9(2)4-5-16(14,15)13(3)8-10-6-11(12)7-10/h9-11H,4-8,12H2,1-3H3. The molecule has 0 aromatic heterocycles. The summed E-state index contributed by atoms with van der Waals surface area (Å²) in [6.07, 6.45) is 2.66. The van der Waals surface area contributed by atoms with E-state index in [-0.39, 0.29) is 11.8 Å². The van der Waals surface area contributed by atoms with Crippen molar-refractivity contribution in [2.75, 3.05) is 19.3 Å². The quantitative estimate of drug-likeness (QED) is 0.763. The predicted molar refractivity (Wildman–Crippen MR) is 66.6 cm³/mol. The predicted octanol–water partition coefficient (Wildman–Crippen LogP) is 1.03. The molecule has 0 aromatic carbocycles. The monoisotopic (exact) mass is 248 g/mol. The van der Waals surface area contributed by atoms with Crippen LogP contribution < -0.4 is 5.73 Å². The summed E-state index contributed by atoms with van der Waals surface area (Å²) in [5.74, 6) is 1.16. The second-order valence-electron chi connectivity index (χ2n) is 5.38. The molecule has 5 heteroatoms. The number of hydrogen-bond donors (Lipinski definition) is 1. The van der Waals surface area contributed by atoms with Gasteiger partial charge in [0.1, 0.15) is 0 Å². The molecule has 0 heterocycles. The molecule has 0 amide bonds. The van der Waals surface area contributed by atoms with Crippen LogP contribution in [0.1, 0.15) is 33.1 Å². The zero-order valence-corrected chi connectivity index (χ0v) is 11.3. The Bertz CT molecular complexity index is 308. The Morgan fingerprint density at radius 2 is 1.94 bits per heavy atom. The Morgan fingerprint density at radius 1 is 1.38 bits per heavy atom. The van der Waals surface area contributed by atoms with E-state index in [9.17, 15) is 8.42 Å². The smallest absolute Gasteiger partial charge is 0.213 e. The van der Waals surface area contributed by atoms with Crippen LogP contribution in [0.5, 0.6) is 0 Å². The first-order valence-electron chi connectivity index (χ1n) is 6.01. The van der Waals surface area contributed by atoms with Crippen molar-refractivity contribution >= 4 is 10.0 Å². The zero-order valence-electron chi connectivity index (χ0n) is 10.5. The topological polar surface area (TPSA) is 63.4 Å². The van der Waals surface area contributed by atoms with Gasteiger partial charge in [0.2, 0.25) is 10.0 Å². The minimum absolute atomic E-state index is 0.264. The Labute approximate surface area is 99.2 Å². The summed E-state index contributed by atoms with van der Waals surface area (Å²) in [4.78, 5) is 0. The van der Waals surface area contributed by atoms with E-state index in [1.807, 2.05) is 13.8 Å². The molecule has 0 spiro atoms. The summed E-state index contributed by atoms with van der Waals surface area (Å²) in [6.45, 7) is 4.72. The lowest BCUT2D eigenvalue weighted by Gasteiger charge is -2.35. The molecule has 0 aliphatic heterocycles. The van der Waals surface area contributed by atoms with Crippen LogP contribution in [0.15, 0.2) is 0 Å². The molecule has 16 heavy (non-hydrogen) atoms. The van der Waals surface area contributed by atoms with Gasteiger partial charge in [0.15, 0.2) is 0 Å². The van der Waals surface area contributed by atoms with E-state index in [1.165, 1.54) is 4.31 Å². The molecule has 0 saturated heterocycles. The van der Waals surface area contributed by atoms with E-state index >= 15 is 0 Å². The number of nitrogens with two attached hydrogens (primary N) is 1. The SMILES string of the molecule is CC(C)CCS(=O)(=O)N(C)CC1CC(N)C1. The van der Waals surface area contributed by atoms with Crippen LogP contribution in [0.2, 0.25) is 0 Å². The highest BCUT2D eigenvalue weighted by atomic mass is 32.2. The maximum atomic E-state index is 11.9. The highest BCUT2D eigenvalue weighted by Crippen LogP contribution is 2.26. The largest absolute Gasteiger partial charge is 0.328 e. The van der Waals surface area contributed by atoms with Gasteiger partial charge in [-0.3, -0.25) is 0 Å². The Hall–Kier alpha value is -0.130. The lowest BCUT2D eigenvalue weighted by Crippen LogP contribution is -2.43. The molecule has 96 valence electrons. The third kappa shape index (κ3) is 4.03. The maximum absolute atomic E-state index is 11.9. The molecular formula is C11H24N2O2S. The van der Waals surface area contributed by atoms with Crippen LogP contribution in [-0.2, 0) is 10.0 Å². The van der Waals surface area contributed by atoms with E-state index in [0.717, 1.165) is 19.3 Å². The van der Waals surface area contributed by atoms with Gasteiger partial charge in [-0.25, -0.2) is 12.7 Å². The minimum Gasteiger partial charge on any atom is -0.328 e. The van der Waals surface area contributed by atoms with Crippen molar-refractivity contribution in [3.8, 4) is 0 Å². The van der Waals surface area contributed by atoms with Crippen LogP contribution in [0.25, 0.3) is 0 Å². The van der Waals surface area contributed by atoms with Gasteiger partial charge in [-0.05, 0) is 31.1 Å². The fourth-order valence-corrected chi connectivity index (χ4v) is 3.47. The number of nitrogens with zero attached hydrogens (tertiary/aromatic N) is 1. The van der Waals surface area contributed by atoms with Gasteiger partial charge in [-0.2, -0.15) is 0 Å². The minimum atomic E-state index is -3.05. The van der Waals surface area contributed by atoms with Crippen molar-refractivity contribution in [3.63, 3.8) is 0 Å². The van der Waals surface area contributed by atoms with E-state index < -0.39 is 10.0 Å². The molecule has 0 radical (unpaired) electrons. The molecule has 1 fully saturated rings. The Morgan fingerprint density at radius 3 is 2.38 bits per heavy atom. The van der Waals surface area contributed by atoms with Gasteiger partial charge >= 0.3 is 0 Å². The lowest BCUT2D eigenvalue weighted by molar-refractivity contribution is 0.227. The van der Waals surface area contributed by atoms with Crippen molar-refractivity contribution in [2.45, 2.75) is 39.2 Å². The van der Waals surface area contributed by atoms with Gasteiger partial charge in [0.05, 0.1) is 5.75 Å². The van der Waals surface area contributed by atoms with Crippen LogP contribution in [0.4, 0.5) is 0 Å². The molecule has 0 atom stereocenters. The highest BCUT2D eigenvalue weighted by Gasteiger charge is 2.29. The van der Waals surface area contributed by atoms with Crippen LogP contribution in [0, 0.1) is 11.8 Å².